The van der Waals surface area contributed by atoms with Crippen LogP contribution in [0.1, 0.15) is 20.8 Å². The molecule has 2 heterocycles. The van der Waals surface area contributed by atoms with Gasteiger partial charge in [-0.3, -0.25) is 0 Å². The van der Waals surface area contributed by atoms with Crippen LogP contribution in [0.15, 0.2) is 19.8 Å². The summed E-state index contributed by atoms with van der Waals surface area (Å²) in [7, 11) is 0. The Balaban J connectivity index is 2.22. The van der Waals surface area contributed by atoms with Gasteiger partial charge in [-0.15, -0.1) is 0 Å². The van der Waals surface area contributed by atoms with Crippen molar-refractivity contribution in [2.45, 2.75) is 32.9 Å². The maximum atomic E-state index is 5.61. The van der Waals surface area contributed by atoms with Crippen molar-refractivity contribution in [3.05, 3.63) is 9.78 Å². The fourth-order valence-electron chi connectivity index (χ4n) is 1.49. The van der Waals surface area contributed by atoms with Crippen molar-refractivity contribution in [2.75, 3.05) is 6.54 Å². The van der Waals surface area contributed by atoms with Gasteiger partial charge in [0.2, 0.25) is 11.9 Å². The van der Waals surface area contributed by atoms with E-state index in [4.69, 9.17) is 4.74 Å². The third-order valence-corrected chi connectivity index (χ3v) is 2.95. The lowest BCUT2D eigenvalue weighted by atomic mass is 10.3. The van der Waals surface area contributed by atoms with Crippen LogP contribution in [0.2, 0.25) is 0 Å². The van der Waals surface area contributed by atoms with Gasteiger partial charge in [-0.25, -0.2) is 4.99 Å². The van der Waals surface area contributed by atoms with E-state index in [-0.39, 0.29) is 6.10 Å². The first-order chi connectivity index (χ1) is 7.08. The first-order valence-corrected chi connectivity index (χ1v) is 6.11. The van der Waals surface area contributed by atoms with E-state index < -0.39 is 0 Å². The summed E-state index contributed by atoms with van der Waals surface area (Å²) in [4.78, 5) is 10.9. The van der Waals surface area contributed by atoms with Crippen molar-refractivity contribution in [3.63, 3.8) is 0 Å². The number of guanidine groups is 1. The number of hydrogen-bond donors (Lipinski definition) is 0. The standard InChI is InChI=1S/C10H14IN3O/c1-6(2)15-9-8(11)5-14-7(3)4-12-10(14)13-9/h5-7H,4H2,1-3H3. The highest BCUT2D eigenvalue weighted by molar-refractivity contribution is 14.1. The van der Waals surface area contributed by atoms with Crippen LogP contribution in [0.5, 0.6) is 0 Å². The molecule has 5 heteroatoms. The van der Waals surface area contributed by atoms with Crippen LogP contribution >= 0.6 is 22.6 Å². The molecule has 0 aromatic carbocycles. The van der Waals surface area contributed by atoms with Crippen molar-refractivity contribution >= 4 is 34.4 Å². The van der Waals surface area contributed by atoms with E-state index in [0.717, 1.165) is 16.1 Å². The summed E-state index contributed by atoms with van der Waals surface area (Å²) < 4.78 is 6.65. The molecule has 0 bridgehead atoms. The molecule has 15 heavy (non-hydrogen) atoms. The van der Waals surface area contributed by atoms with E-state index in [1.807, 2.05) is 13.8 Å². The molecule has 0 aromatic heterocycles. The van der Waals surface area contributed by atoms with Crippen molar-refractivity contribution in [1.29, 1.82) is 0 Å². The maximum absolute atomic E-state index is 5.61. The van der Waals surface area contributed by atoms with Gasteiger partial charge >= 0.3 is 0 Å². The van der Waals surface area contributed by atoms with Gasteiger partial charge in [0.1, 0.15) is 0 Å². The van der Waals surface area contributed by atoms with E-state index in [1.165, 1.54) is 0 Å². The zero-order valence-electron chi connectivity index (χ0n) is 9.07. The first kappa shape index (κ1) is 10.9. The Kier molecular flexibility index (Phi) is 2.99. The Morgan fingerprint density at radius 1 is 1.60 bits per heavy atom. The second kappa shape index (κ2) is 4.11. The number of aliphatic imine (C=N–C) groups is 2. The van der Waals surface area contributed by atoms with Crippen LogP contribution in [0, 0.1) is 0 Å². The van der Waals surface area contributed by atoms with Gasteiger partial charge in [-0.2, -0.15) is 4.99 Å². The Hall–Kier alpha value is -0.590. The minimum Gasteiger partial charge on any atom is -0.474 e. The molecule has 0 aromatic rings. The van der Waals surface area contributed by atoms with E-state index in [2.05, 4.69) is 50.6 Å². The largest absolute Gasteiger partial charge is 0.474 e. The van der Waals surface area contributed by atoms with Crippen molar-refractivity contribution in [1.82, 2.24) is 4.90 Å². The summed E-state index contributed by atoms with van der Waals surface area (Å²) in [6, 6.07) is 0.411. The Morgan fingerprint density at radius 3 is 3.00 bits per heavy atom. The van der Waals surface area contributed by atoms with Gasteiger partial charge in [0, 0.05) is 6.20 Å². The number of hydrogen-bond acceptors (Lipinski definition) is 4. The smallest absolute Gasteiger partial charge is 0.232 e. The molecule has 1 unspecified atom stereocenters. The van der Waals surface area contributed by atoms with Gasteiger partial charge in [0.15, 0.2) is 0 Å². The Morgan fingerprint density at radius 2 is 2.33 bits per heavy atom. The minimum atomic E-state index is 0.146. The van der Waals surface area contributed by atoms with Crippen molar-refractivity contribution in [2.24, 2.45) is 9.98 Å². The summed E-state index contributed by atoms with van der Waals surface area (Å²) in [5.41, 5.74) is 0. The van der Waals surface area contributed by atoms with Crippen molar-refractivity contribution in [3.8, 4) is 0 Å². The zero-order valence-corrected chi connectivity index (χ0v) is 11.2. The predicted octanol–water partition coefficient (Wildman–Crippen LogP) is 2.16. The molecule has 0 saturated heterocycles. The number of fused-ring (bicyclic) bond motifs is 1. The van der Waals surface area contributed by atoms with E-state index >= 15 is 0 Å². The Labute approximate surface area is 103 Å². The number of rotatable bonds is 1. The summed E-state index contributed by atoms with van der Waals surface area (Å²) >= 11 is 2.25. The third kappa shape index (κ3) is 2.16. The quantitative estimate of drug-likeness (QED) is 0.695. The second-order valence-electron chi connectivity index (χ2n) is 3.96. The molecule has 0 amide bonds. The highest BCUT2D eigenvalue weighted by atomic mass is 127. The normalized spacial score (nSPS) is 24.7. The average Bonchev–Trinajstić information content (AvgIpc) is 2.48. The van der Waals surface area contributed by atoms with Crippen LogP contribution in [0.3, 0.4) is 0 Å². The van der Waals surface area contributed by atoms with Crippen LogP contribution in [-0.4, -0.2) is 35.4 Å². The molecule has 0 saturated carbocycles. The molecule has 2 rings (SSSR count). The molecule has 2 aliphatic heterocycles. The van der Waals surface area contributed by atoms with Gasteiger partial charge in [0.05, 0.1) is 22.3 Å². The molecule has 1 atom stereocenters. The molecule has 2 aliphatic rings. The van der Waals surface area contributed by atoms with Crippen LogP contribution in [0.25, 0.3) is 0 Å². The SMILES string of the molecule is CC(C)OC1=NC2=NCC(C)N2C=C1I. The van der Waals surface area contributed by atoms with Gasteiger partial charge in [-0.1, -0.05) is 0 Å². The number of nitrogens with zero attached hydrogens (tertiary/aromatic N) is 3. The third-order valence-electron chi connectivity index (χ3n) is 2.21. The molecule has 0 fully saturated rings. The Bertz CT molecular complexity index is 360. The first-order valence-electron chi connectivity index (χ1n) is 5.03. The van der Waals surface area contributed by atoms with Gasteiger partial charge in [-0.05, 0) is 43.4 Å². The zero-order chi connectivity index (χ0) is 11.0. The summed E-state index contributed by atoms with van der Waals surface area (Å²) in [5, 5.41) is 0. The lowest BCUT2D eigenvalue weighted by molar-refractivity contribution is 0.229. The molecule has 4 nitrogen and oxygen atoms in total. The summed E-state index contributed by atoms with van der Waals surface area (Å²) in [5.74, 6) is 1.47. The topological polar surface area (TPSA) is 37.2 Å². The second-order valence-corrected chi connectivity index (χ2v) is 5.12. The molecule has 0 aliphatic carbocycles. The molecule has 0 radical (unpaired) electrons. The summed E-state index contributed by atoms with van der Waals surface area (Å²) in [6.07, 6.45) is 2.20. The lowest BCUT2D eigenvalue weighted by Gasteiger charge is -2.24. The summed E-state index contributed by atoms with van der Waals surface area (Å²) in [6.45, 7) is 6.95. The van der Waals surface area contributed by atoms with Crippen LogP contribution in [-0.2, 0) is 4.74 Å². The van der Waals surface area contributed by atoms with Gasteiger partial charge < -0.3 is 9.64 Å². The number of halogens is 1. The fourth-order valence-corrected chi connectivity index (χ4v) is 2.03. The highest BCUT2D eigenvalue weighted by Gasteiger charge is 2.28. The minimum absolute atomic E-state index is 0.146. The van der Waals surface area contributed by atoms with E-state index in [0.29, 0.717) is 11.9 Å². The van der Waals surface area contributed by atoms with E-state index in [1.54, 1.807) is 0 Å². The van der Waals surface area contributed by atoms with Gasteiger partial charge in [0.25, 0.3) is 0 Å². The molecule has 0 N–H and O–H groups in total. The van der Waals surface area contributed by atoms with E-state index in [9.17, 15) is 0 Å². The number of ether oxygens (including phenoxy) is 1. The fraction of sp³-hybridized carbons (Fsp3) is 0.600. The highest BCUT2D eigenvalue weighted by Crippen LogP contribution is 2.23. The molecule has 0 spiro atoms. The average molecular weight is 319 g/mol. The monoisotopic (exact) mass is 319 g/mol. The predicted molar refractivity (Wildman–Crippen MR) is 69.4 cm³/mol. The van der Waals surface area contributed by atoms with Crippen molar-refractivity contribution < 1.29 is 4.74 Å². The molecule has 82 valence electrons. The lowest BCUT2D eigenvalue weighted by Crippen LogP contribution is -2.33. The maximum Gasteiger partial charge on any atom is 0.232 e. The molecular weight excluding hydrogens is 305 g/mol. The van der Waals surface area contributed by atoms with Crippen LogP contribution < -0.4 is 0 Å². The molecular formula is C10H14IN3O. The van der Waals surface area contributed by atoms with Crippen LogP contribution in [0.4, 0.5) is 0 Å².